The first-order chi connectivity index (χ1) is 16.9. The maximum absolute atomic E-state index is 2.59. The van der Waals surface area contributed by atoms with E-state index in [0.29, 0.717) is 0 Å². The first-order valence-corrected chi connectivity index (χ1v) is 12.5. The van der Waals surface area contributed by atoms with E-state index in [0.717, 1.165) is 38.6 Å². The standard InChI is InChI=1S/C32H28N2/c1-3-10-23(11-4-1)24-12-9-15-27(20-24)33-19-18-25-21-29-28-16-7-8-17-30(28)34(32(29)22-31(25)33)26-13-5-2-6-14-26/h1-7,10-14,16,20-22H,8-9,15,17-19H2. The summed E-state index contributed by atoms with van der Waals surface area (Å²) in [5, 5.41) is 1.40. The van der Waals surface area contributed by atoms with Gasteiger partial charge >= 0.3 is 0 Å². The number of para-hydroxylation sites is 1. The number of hydrogen-bond acceptors (Lipinski definition) is 1. The minimum atomic E-state index is 1.07. The fourth-order valence-electron chi connectivity index (χ4n) is 6.00. The van der Waals surface area contributed by atoms with Gasteiger partial charge in [-0.1, -0.05) is 66.8 Å². The van der Waals surface area contributed by atoms with E-state index in [9.17, 15) is 0 Å². The summed E-state index contributed by atoms with van der Waals surface area (Å²) in [4.78, 5) is 2.59. The highest BCUT2D eigenvalue weighted by atomic mass is 15.2. The summed E-state index contributed by atoms with van der Waals surface area (Å²) in [5.41, 5.74) is 12.4. The van der Waals surface area contributed by atoms with E-state index in [1.807, 2.05) is 0 Å². The molecular weight excluding hydrogens is 412 g/mol. The topological polar surface area (TPSA) is 8.17 Å². The third-order valence-corrected chi connectivity index (χ3v) is 7.59. The highest BCUT2D eigenvalue weighted by Gasteiger charge is 2.27. The molecule has 0 fully saturated rings. The molecule has 2 heterocycles. The quantitative estimate of drug-likeness (QED) is 0.317. The second kappa shape index (κ2) is 7.92. The molecule has 2 heteroatoms. The van der Waals surface area contributed by atoms with Crippen molar-refractivity contribution in [3.8, 4) is 5.69 Å². The second-order valence-electron chi connectivity index (χ2n) is 9.57. The zero-order valence-electron chi connectivity index (χ0n) is 19.4. The monoisotopic (exact) mass is 440 g/mol. The van der Waals surface area contributed by atoms with Gasteiger partial charge in [0.05, 0.1) is 5.52 Å². The zero-order chi connectivity index (χ0) is 22.5. The molecule has 0 spiro atoms. The van der Waals surface area contributed by atoms with Crippen molar-refractivity contribution < 1.29 is 0 Å². The van der Waals surface area contributed by atoms with Crippen molar-refractivity contribution in [3.63, 3.8) is 0 Å². The van der Waals surface area contributed by atoms with Crippen molar-refractivity contribution >= 4 is 28.2 Å². The Morgan fingerprint density at radius 3 is 2.44 bits per heavy atom. The molecule has 4 aromatic rings. The normalized spacial score (nSPS) is 16.9. The van der Waals surface area contributed by atoms with Gasteiger partial charge in [-0.3, -0.25) is 0 Å². The van der Waals surface area contributed by atoms with E-state index in [-0.39, 0.29) is 0 Å². The molecule has 166 valence electrons. The molecule has 2 nitrogen and oxygen atoms in total. The van der Waals surface area contributed by atoms with Gasteiger partial charge in [0.15, 0.2) is 0 Å². The molecule has 3 aromatic carbocycles. The van der Waals surface area contributed by atoms with E-state index in [2.05, 4.69) is 107 Å². The Balaban J connectivity index is 1.37. The Labute approximate surface area is 201 Å². The highest BCUT2D eigenvalue weighted by Crippen LogP contribution is 2.42. The highest BCUT2D eigenvalue weighted by molar-refractivity contribution is 5.97. The molecule has 0 saturated carbocycles. The third-order valence-electron chi connectivity index (χ3n) is 7.59. The van der Waals surface area contributed by atoms with Crippen LogP contribution in [0.3, 0.4) is 0 Å². The number of rotatable bonds is 3. The summed E-state index contributed by atoms with van der Waals surface area (Å²) in [6.45, 7) is 1.07. The molecule has 0 amide bonds. The molecule has 0 radical (unpaired) electrons. The summed E-state index contributed by atoms with van der Waals surface area (Å²) in [6, 6.07) is 26.6. The first-order valence-electron chi connectivity index (χ1n) is 12.5. The van der Waals surface area contributed by atoms with E-state index < -0.39 is 0 Å². The van der Waals surface area contributed by atoms with Crippen LogP contribution >= 0.6 is 0 Å². The van der Waals surface area contributed by atoms with Gasteiger partial charge in [0.25, 0.3) is 0 Å². The van der Waals surface area contributed by atoms with Gasteiger partial charge in [0.1, 0.15) is 0 Å². The van der Waals surface area contributed by atoms with Crippen molar-refractivity contribution in [1.82, 2.24) is 4.57 Å². The van der Waals surface area contributed by atoms with Gasteiger partial charge in [-0.2, -0.15) is 0 Å². The molecule has 1 aromatic heterocycles. The first kappa shape index (κ1) is 19.7. The van der Waals surface area contributed by atoms with Crippen LogP contribution in [0.15, 0.2) is 96.7 Å². The molecule has 0 unspecified atom stereocenters. The lowest BCUT2D eigenvalue weighted by molar-refractivity contribution is 0.851. The Hall–Kier alpha value is -3.78. The number of allylic oxidation sites excluding steroid dienone is 5. The molecular formula is C32H28N2. The van der Waals surface area contributed by atoms with E-state index in [1.165, 1.54) is 55.9 Å². The van der Waals surface area contributed by atoms with Crippen molar-refractivity contribution in [2.75, 3.05) is 11.4 Å². The van der Waals surface area contributed by atoms with E-state index >= 15 is 0 Å². The lowest BCUT2D eigenvalue weighted by Crippen LogP contribution is -2.21. The van der Waals surface area contributed by atoms with Crippen LogP contribution in [0.25, 0.3) is 28.2 Å². The van der Waals surface area contributed by atoms with Crippen molar-refractivity contribution in [2.24, 2.45) is 0 Å². The van der Waals surface area contributed by atoms with Gasteiger partial charge in [-0.05, 0) is 79.1 Å². The maximum Gasteiger partial charge on any atom is 0.0558 e. The molecule has 1 aliphatic heterocycles. The molecule has 34 heavy (non-hydrogen) atoms. The predicted octanol–water partition coefficient (Wildman–Crippen LogP) is 7.71. The van der Waals surface area contributed by atoms with Crippen LogP contribution in [0, 0.1) is 0 Å². The van der Waals surface area contributed by atoms with Crippen LogP contribution < -0.4 is 4.90 Å². The van der Waals surface area contributed by atoms with Gasteiger partial charge in [-0.25, -0.2) is 0 Å². The minimum Gasteiger partial charge on any atom is -0.344 e. The molecule has 3 aliphatic rings. The molecule has 0 N–H and O–H groups in total. The van der Waals surface area contributed by atoms with Crippen molar-refractivity contribution in [3.05, 3.63) is 119 Å². The number of nitrogens with zero attached hydrogens (tertiary/aromatic N) is 2. The Morgan fingerprint density at radius 2 is 1.59 bits per heavy atom. The van der Waals surface area contributed by atoms with Crippen LogP contribution in [0.5, 0.6) is 0 Å². The maximum atomic E-state index is 2.59. The summed E-state index contributed by atoms with van der Waals surface area (Å²) in [6.07, 6.45) is 15.0. The fraction of sp³-hybridized carbons (Fsp3) is 0.188. The zero-order valence-corrected chi connectivity index (χ0v) is 19.4. The minimum absolute atomic E-state index is 1.07. The summed E-state index contributed by atoms with van der Waals surface area (Å²) in [5.74, 6) is 0. The Bertz CT molecular complexity index is 1480. The van der Waals surface area contributed by atoms with Crippen LogP contribution in [0.1, 0.15) is 41.6 Å². The molecule has 7 rings (SSSR count). The average Bonchev–Trinajstić information content (AvgIpc) is 3.47. The number of aromatic nitrogens is 1. The SMILES string of the molecule is C1=Cc2c(n(-c3ccccc3)c3cc4c(cc23)CCN4C2=CC(c3ccccc3)=CCC2)CC1. The van der Waals surface area contributed by atoms with Crippen molar-refractivity contribution in [2.45, 2.75) is 32.1 Å². The number of anilines is 1. The summed E-state index contributed by atoms with van der Waals surface area (Å²) in [7, 11) is 0. The number of benzene rings is 3. The second-order valence-corrected chi connectivity index (χ2v) is 9.57. The van der Waals surface area contributed by atoms with Crippen LogP contribution in [0.4, 0.5) is 5.69 Å². The van der Waals surface area contributed by atoms with E-state index in [1.54, 1.807) is 0 Å². The number of fused-ring (bicyclic) bond motifs is 4. The van der Waals surface area contributed by atoms with Gasteiger partial charge in [0, 0.05) is 40.3 Å². The smallest absolute Gasteiger partial charge is 0.0558 e. The molecule has 2 aliphatic carbocycles. The van der Waals surface area contributed by atoms with Crippen LogP contribution in [0.2, 0.25) is 0 Å². The largest absolute Gasteiger partial charge is 0.344 e. The number of hydrogen-bond donors (Lipinski definition) is 0. The third kappa shape index (κ3) is 3.09. The lowest BCUT2D eigenvalue weighted by Gasteiger charge is -2.26. The van der Waals surface area contributed by atoms with Crippen LogP contribution in [-0.4, -0.2) is 11.1 Å². The summed E-state index contributed by atoms with van der Waals surface area (Å²) < 4.78 is 2.51. The average molecular weight is 441 g/mol. The molecule has 0 atom stereocenters. The van der Waals surface area contributed by atoms with Gasteiger partial charge in [-0.15, -0.1) is 0 Å². The van der Waals surface area contributed by atoms with E-state index in [4.69, 9.17) is 0 Å². The fourth-order valence-corrected chi connectivity index (χ4v) is 6.00. The Morgan fingerprint density at radius 1 is 0.765 bits per heavy atom. The molecule has 0 saturated heterocycles. The molecule has 0 bridgehead atoms. The van der Waals surface area contributed by atoms with Gasteiger partial charge < -0.3 is 9.47 Å². The predicted molar refractivity (Wildman–Crippen MR) is 143 cm³/mol. The lowest BCUT2D eigenvalue weighted by atomic mass is 9.97. The van der Waals surface area contributed by atoms with Crippen molar-refractivity contribution in [1.29, 1.82) is 0 Å². The Kier molecular flexibility index (Phi) is 4.58. The van der Waals surface area contributed by atoms with Gasteiger partial charge in [0.2, 0.25) is 0 Å². The van der Waals surface area contributed by atoms with Crippen LogP contribution in [-0.2, 0) is 12.8 Å². The summed E-state index contributed by atoms with van der Waals surface area (Å²) >= 11 is 0.